The summed E-state index contributed by atoms with van der Waals surface area (Å²) in [4.78, 5) is 2.59. The van der Waals surface area contributed by atoms with Crippen molar-refractivity contribution >= 4 is 38.6 Å². The Bertz CT molecular complexity index is 1710. The van der Waals surface area contributed by atoms with Gasteiger partial charge in [-0.25, -0.2) is 0 Å². The van der Waals surface area contributed by atoms with Gasteiger partial charge in [0.15, 0.2) is 5.71 Å². The summed E-state index contributed by atoms with van der Waals surface area (Å²) >= 11 is 0. The fourth-order valence-electron chi connectivity index (χ4n) is 7.32. The Labute approximate surface area is 246 Å². The van der Waals surface area contributed by atoms with Gasteiger partial charge in [0, 0.05) is 41.4 Å². The second-order valence-corrected chi connectivity index (χ2v) is 12.9. The number of nitrogens with zero attached hydrogens (tertiary/aromatic N) is 2. The molecule has 0 aliphatic carbocycles. The fourth-order valence-corrected chi connectivity index (χ4v) is 7.32. The number of hydrogen-bond donors (Lipinski definition) is 0. The topological polar surface area (TPSA) is 6.25 Å². The highest BCUT2D eigenvalue weighted by atomic mass is 15.2. The largest absolute Gasteiger partial charge is 0.344 e. The average molecular weight is 542 g/mol. The Morgan fingerprint density at radius 3 is 2.12 bits per heavy atom. The molecule has 0 bridgehead atoms. The van der Waals surface area contributed by atoms with Crippen molar-refractivity contribution in [3.05, 3.63) is 108 Å². The van der Waals surface area contributed by atoms with Crippen LogP contribution in [0.25, 0.3) is 21.5 Å². The standard InChI is InChI=1S/C39H45N2/c1-7-9-26-40-33-25-23-28-16-11-13-18-30(28)36(33)39(5,6)35(40)21-15-20-34-38(3,4)32-24-22-29-17-12-14-19-31(29)37(32)41(34)27-10-8-2/h11-25H,7-10,26-27H2,1-6H3/q+1. The molecular weight excluding hydrogens is 496 g/mol. The zero-order valence-electron chi connectivity index (χ0n) is 25.8. The summed E-state index contributed by atoms with van der Waals surface area (Å²) in [6.45, 7) is 16.3. The average Bonchev–Trinajstić information content (AvgIpc) is 3.33. The molecule has 0 unspecified atom stereocenters. The van der Waals surface area contributed by atoms with Gasteiger partial charge in [0.2, 0.25) is 5.69 Å². The van der Waals surface area contributed by atoms with Crippen LogP contribution >= 0.6 is 0 Å². The molecular formula is C39H45N2+. The third kappa shape index (κ3) is 4.43. The van der Waals surface area contributed by atoms with E-state index in [0.29, 0.717) is 0 Å². The predicted octanol–water partition coefficient (Wildman–Crippen LogP) is 10.2. The third-order valence-corrected chi connectivity index (χ3v) is 9.51. The Balaban J connectivity index is 1.47. The van der Waals surface area contributed by atoms with Gasteiger partial charge in [0.05, 0.1) is 10.8 Å². The minimum atomic E-state index is -0.0782. The van der Waals surface area contributed by atoms with E-state index in [1.807, 2.05) is 0 Å². The summed E-state index contributed by atoms with van der Waals surface area (Å²) in [5, 5.41) is 5.38. The molecule has 0 atom stereocenters. The zero-order chi connectivity index (χ0) is 28.8. The van der Waals surface area contributed by atoms with Gasteiger partial charge in [0.25, 0.3) is 0 Å². The molecule has 0 saturated heterocycles. The van der Waals surface area contributed by atoms with Crippen LogP contribution in [0.1, 0.15) is 78.4 Å². The Kier molecular flexibility index (Phi) is 7.14. The van der Waals surface area contributed by atoms with Crippen LogP contribution in [0.2, 0.25) is 0 Å². The van der Waals surface area contributed by atoms with Crippen LogP contribution in [0.15, 0.2) is 96.7 Å². The zero-order valence-corrected chi connectivity index (χ0v) is 25.8. The highest BCUT2D eigenvalue weighted by Crippen LogP contribution is 2.51. The van der Waals surface area contributed by atoms with Crippen molar-refractivity contribution in [2.24, 2.45) is 0 Å². The summed E-state index contributed by atoms with van der Waals surface area (Å²) in [7, 11) is 0. The van der Waals surface area contributed by atoms with E-state index >= 15 is 0 Å². The molecule has 2 nitrogen and oxygen atoms in total. The van der Waals surface area contributed by atoms with Crippen molar-refractivity contribution in [2.45, 2.75) is 78.1 Å². The van der Waals surface area contributed by atoms with Crippen molar-refractivity contribution in [3.63, 3.8) is 0 Å². The second-order valence-electron chi connectivity index (χ2n) is 12.9. The smallest absolute Gasteiger partial charge is 0.217 e. The van der Waals surface area contributed by atoms with Gasteiger partial charge in [-0.2, -0.15) is 4.58 Å². The maximum atomic E-state index is 2.62. The third-order valence-electron chi connectivity index (χ3n) is 9.51. The van der Waals surface area contributed by atoms with Crippen LogP contribution in [-0.2, 0) is 10.8 Å². The van der Waals surface area contributed by atoms with Crippen molar-refractivity contribution in [2.75, 3.05) is 18.0 Å². The molecule has 2 aliphatic rings. The van der Waals surface area contributed by atoms with Crippen molar-refractivity contribution in [1.29, 1.82) is 0 Å². The van der Waals surface area contributed by atoms with E-state index in [1.165, 1.54) is 81.1 Å². The van der Waals surface area contributed by atoms with Gasteiger partial charge in [-0.15, -0.1) is 0 Å². The highest BCUT2D eigenvalue weighted by molar-refractivity contribution is 6.07. The van der Waals surface area contributed by atoms with Gasteiger partial charge >= 0.3 is 0 Å². The molecule has 4 aromatic rings. The molecule has 2 heteroatoms. The number of fused-ring (bicyclic) bond motifs is 6. The first-order chi connectivity index (χ1) is 19.8. The molecule has 0 amide bonds. The molecule has 0 N–H and O–H groups in total. The Morgan fingerprint density at radius 2 is 1.39 bits per heavy atom. The fraction of sp³-hybridized carbons (Fsp3) is 0.359. The second kappa shape index (κ2) is 10.6. The molecule has 0 radical (unpaired) electrons. The van der Waals surface area contributed by atoms with Gasteiger partial charge in [-0.05, 0) is 60.2 Å². The van der Waals surface area contributed by atoms with Gasteiger partial charge in [0.1, 0.15) is 6.54 Å². The number of allylic oxidation sites excluding steroid dienone is 4. The lowest BCUT2D eigenvalue weighted by atomic mass is 9.80. The number of rotatable bonds is 8. The van der Waals surface area contributed by atoms with Crippen LogP contribution in [0.3, 0.4) is 0 Å². The molecule has 210 valence electrons. The van der Waals surface area contributed by atoms with Gasteiger partial charge in [-0.1, -0.05) is 107 Å². The first kappa shape index (κ1) is 27.5. The summed E-state index contributed by atoms with van der Waals surface area (Å²) in [5.41, 5.74) is 8.33. The molecule has 6 rings (SSSR count). The maximum absolute atomic E-state index is 2.62. The Morgan fingerprint density at radius 1 is 0.732 bits per heavy atom. The molecule has 0 spiro atoms. The molecule has 0 aromatic heterocycles. The van der Waals surface area contributed by atoms with Crippen LogP contribution in [-0.4, -0.2) is 23.4 Å². The summed E-state index contributed by atoms with van der Waals surface area (Å²) in [6.07, 6.45) is 11.9. The summed E-state index contributed by atoms with van der Waals surface area (Å²) in [5.74, 6) is 0. The molecule has 0 saturated carbocycles. The molecule has 4 aromatic carbocycles. The van der Waals surface area contributed by atoms with Gasteiger partial charge < -0.3 is 4.90 Å². The van der Waals surface area contributed by atoms with E-state index in [2.05, 4.69) is 142 Å². The van der Waals surface area contributed by atoms with E-state index in [1.54, 1.807) is 0 Å². The predicted molar refractivity (Wildman–Crippen MR) is 178 cm³/mol. The number of unbranched alkanes of at least 4 members (excludes halogenated alkanes) is 2. The lowest BCUT2D eigenvalue weighted by Gasteiger charge is -2.27. The maximum Gasteiger partial charge on any atom is 0.217 e. The lowest BCUT2D eigenvalue weighted by molar-refractivity contribution is -0.436. The number of benzene rings is 4. The van der Waals surface area contributed by atoms with Crippen molar-refractivity contribution in [1.82, 2.24) is 0 Å². The first-order valence-corrected chi connectivity index (χ1v) is 15.7. The minimum Gasteiger partial charge on any atom is -0.344 e. The molecule has 2 heterocycles. The van der Waals surface area contributed by atoms with E-state index < -0.39 is 0 Å². The van der Waals surface area contributed by atoms with Crippen LogP contribution in [0.4, 0.5) is 11.4 Å². The Hall–Kier alpha value is -3.65. The highest BCUT2D eigenvalue weighted by Gasteiger charge is 2.45. The van der Waals surface area contributed by atoms with Crippen molar-refractivity contribution < 1.29 is 4.58 Å². The van der Waals surface area contributed by atoms with Crippen LogP contribution in [0, 0.1) is 0 Å². The van der Waals surface area contributed by atoms with Crippen LogP contribution < -0.4 is 4.90 Å². The first-order valence-electron chi connectivity index (χ1n) is 15.7. The van der Waals surface area contributed by atoms with E-state index in [0.717, 1.165) is 13.1 Å². The van der Waals surface area contributed by atoms with Crippen LogP contribution in [0.5, 0.6) is 0 Å². The van der Waals surface area contributed by atoms with E-state index in [4.69, 9.17) is 0 Å². The minimum absolute atomic E-state index is 0.0611. The monoisotopic (exact) mass is 541 g/mol. The van der Waals surface area contributed by atoms with E-state index in [-0.39, 0.29) is 10.8 Å². The molecule has 41 heavy (non-hydrogen) atoms. The normalized spacial score (nSPS) is 18.3. The number of anilines is 1. The SMILES string of the molecule is CCCCN1/C(=C\C=C\C2=[N+](CCCC)c3c(ccc4ccccc34)C2(C)C)C(C)(C)c2c1ccc1ccccc21. The van der Waals surface area contributed by atoms with Crippen molar-refractivity contribution in [3.8, 4) is 0 Å². The molecule has 0 fully saturated rings. The van der Waals surface area contributed by atoms with E-state index in [9.17, 15) is 0 Å². The quantitative estimate of drug-likeness (QED) is 0.201. The summed E-state index contributed by atoms with van der Waals surface area (Å²) in [6, 6.07) is 27.1. The van der Waals surface area contributed by atoms with Gasteiger partial charge in [-0.3, -0.25) is 0 Å². The summed E-state index contributed by atoms with van der Waals surface area (Å²) < 4.78 is 2.62. The lowest BCUT2D eigenvalue weighted by Crippen LogP contribution is -2.28. The number of hydrogen-bond acceptors (Lipinski definition) is 1. The molecule has 2 aliphatic heterocycles.